The summed E-state index contributed by atoms with van der Waals surface area (Å²) in [6.07, 6.45) is 0. The molecule has 0 saturated carbocycles. The molecule has 0 aromatic heterocycles. The Bertz CT molecular complexity index is 45.3. The lowest BCUT2D eigenvalue weighted by Crippen LogP contribution is -2.08. The van der Waals surface area contributed by atoms with E-state index in [-0.39, 0.29) is 0 Å². The van der Waals surface area contributed by atoms with Crippen LogP contribution in [0.25, 0.3) is 0 Å². The maximum Gasteiger partial charge on any atom is 0.00992 e. The van der Waals surface area contributed by atoms with Gasteiger partial charge in [0.1, 0.15) is 0 Å². The average molecular weight is 117 g/mol. The molecule has 0 bridgehead atoms. The molecule has 0 aromatic carbocycles. The van der Waals surface area contributed by atoms with Crippen molar-refractivity contribution in [2.75, 3.05) is 19.3 Å². The van der Waals surface area contributed by atoms with Gasteiger partial charge in [-0.15, -0.1) is 11.8 Å². The minimum atomic E-state index is 1.07. The van der Waals surface area contributed by atoms with Crippen LogP contribution in [0.1, 0.15) is 0 Å². The van der Waals surface area contributed by atoms with E-state index in [4.69, 9.17) is 0 Å². The molecule has 0 unspecified atom stereocenters. The van der Waals surface area contributed by atoms with Crippen molar-refractivity contribution in [1.82, 2.24) is 5.32 Å². The highest BCUT2D eigenvalue weighted by Gasteiger charge is 1.75. The number of rotatable bonds is 4. The molecule has 0 aliphatic carbocycles. The molecule has 1 nitrogen and oxygen atoms in total. The molecule has 0 heterocycles. The molecular formula is C5H11NS. The molecule has 0 saturated heterocycles. The molecule has 2 heteroatoms. The lowest BCUT2D eigenvalue weighted by Gasteiger charge is -1.90. The molecule has 0 spiro atoms. The van der Waals surface area contributed by atoms with Crippen LogP contribution in [0.3, 0.4) is 0 Å². The smallest absolute Gasteiger partial charge is 0.00992 e. The van der Waals surface area contributed by atoms with Gasteiger partial charge < -0.3 is 5.32 Å². The molecule has 0 aliphatic heterocycles. The molecule has 0 fully saturated rings. The predicted molar refractivity (Wildman–Crippen MR) is 36.6 cm³/mol. The van der Waals surface area contributed by atoms with Gasteiger partial charge in [-0.3, -0.25) is 0 Å². The van der Waals surface area contributed by atoms with E-state index in [0.29, 0.717) is 0 Å². The Balaban J connectivity index is 2.56. The van der Waals surface area contributed by atoms with Gasteiger partial charge in [0.25, 0.3) is 0 Å². The van der Waals surface area contributed by atoms with Crippen LogP contribution < -0.4 is 5.32 Å². The van der Waals surface area contributed by atoms with Crippen molar-refractivity contribution >= 4 is 11.8 Å². The zero-order valence-corrected chi connectivity index (χ0v) is 5.42. The van der Waals surface area contributed by atoms with Crippen LogP contribution in [0.2, 0.25) is 0 Å². The van der Waals surface area contributed by atoms with Crippen LogP contribution in [0, 0.1) is 0 Å². The van der Waals surface area contributed by atoms with Crippen LogP contribution in [0.15, 0.2) is 12.0 Å². The van der Waals surface area contributed by atoms with Crippen LogP contribution in [-0.2, 0) is 0 Å². The van der Waals surface area contributed by atoms with E-state index in [1.165, 1.54) is 0 Å². The number of thioether (sulfide) groups is 1. The Kier molecular flexibility index (Phi) is 6.09. The monoisotopic (exact) mass is 117 g/mol. The predicted octanol–water partition coefficient (Wildman–Crippen LogP) is 1.08. The van der Waals surface area contributed by atoms with Gasteiger partial charge in [-0.05, 0) is 12.5 Å². The van der Waals surface area contributed by atoms with Crippen molar-refractivity contribution < 1.29 is 0 Å². The summed E-state index contributed by atoms with van der Waals surface area (Å²) >= 11 is 1.73. The lowest BCUT2D eigenvalue weighted by molar-refractivity contribution is 0.873. The van der Waals surface area contributed by atoms with Gasteiger partial charge in [0.05, 0.1) is 0 Å². The molecule has 0 aliphatic rings. The first-order valence-electron chi connectivity index (χ1n) is 2.29. The molecule has 1 N–H and O–H groups in total. The van der Waals surface area contributed by atoms with Gasteiger partial charge in [-0.1, -0.05) is 6.58 Å². The Morgan fingerprint density at radius 3 is 3.00 bits per heavy atom. The molecule has 7 heavy (non-hydrogen) atoms. The van der Waals surface area contributed by atoms with E-state index >= 15 is 0 Å². The highest BCUT2D eigenvalue weighted by molar-refractivity contribution is 8.02. The summed E-state index contributed by atoms with van der Waals surface area (Å²) in [5.74, 6) is 1.12. The fourth-order valence-electron chi connectivity index (χ4n) is 0.244. The van der Waals surface area contributed by atoms with E-state index in [1.54, 1.807) is 11.8 Å². The molecule has 0 radical (unpaired) electrons. The lowest BCUT2D eigenvalue weighted by atomic mass is 10.8. The van der Waals surface area contributed by atoms with Gasteiger partial charge in [-0.25, -0.2) is 0 Å². The molecule has 0 aromatic rings. The normalized spacial score (nSPS) is 8.71. The van der Waals surface area contributed by atoms with Crippen molar-refractivity contribution in [3.8, 4) is 0 Å². The van der Waals surface area contributed by atoms with Gasteiger partial charge in [0.15, 0.2) is 0 Å². The summed E-state index contributed by atoms with van der Waals surface area (Å²) < 4.78 is 0. The third-order valence-electron chi connectivity index (χ3n) is 0.588. The van der Waals surface area contributed by atoms with Gasteiger partial charge in [0.2, 0.25) is 0 Å². The first-order valence-corrected chi connectivity index (χ1v) is 3.33. The van der Waals surface area contributed by atoms with Gasteiger partial charge in [-0.2, -0.15) is 0 Å². The zero-order chi connectivity index (χ0) is 5.54. The van der Waals surface area contributed by atoms with Crippen molar-refractivity contribution in [3.63, 3.8) is 0 Å². The minimum Gasteiger partial charge on any atom is -0.319 e. The van der Waals surface area contributed by atoms with Crippen molar-refractivity contribution in [2.24, 2.45) is 0 Å². The van der Waals surface area contributed by atoms with E-state index in [2.05, 4.69) is 11.9 Å². The summed E-state index contributed by atoms with van der Waals surface area (Å²) in [6, 6.07) is 0. The third-order valence-corrected chi connectivity index (χ3v) is 1.26. The average Bonchev–Trinajstić information content (AvgIpc) is 1.69. The Labute approximate surface area is 49.2 Å². The second kappa shape index (κ2) is 6.05. The fraction of sp³-hybridized carbons (Fsp3) is 0.600. The number of nitrogens with one attached hydrogen (secondary N) is 1. The Morgan fingerprint density at radius 2 is 2.57 bits per heavy atom. The van der Waals surface area contributed by atoms with Crippen LogP contribution in [0.5, 0.6) is 0 Å². The quantitative estimate of drug-likeness (QED) is 0.553. The maximum atomic E-state index is 3.57. The Morgan fingerprint density at radius 1 is 1.86 bits per heavy atom. The standard InChI is InChI=1S/C5H11NS/c1-3-7-5-4-6-2/h3,6H,1,4-5H2,2H3. The zero-order valence-electron chi connectivity index (χ0n) is 4.61. The van der Waals surface area contributed by atoms with E-state index in [9.17, 15) is 0 Å². The van der Waals surface area contributed by atoms with Crippen LogP contribution >= 0.6 is 11.8 Å². The summed E-state index contributed by atoms with van der Waals surface area (Å²) in [7, 11) is 1.95. The molecular weight excluding hydrogens is 106 g/mol. The fourth-order valence-corrected chi connectivity index (χ4v) is 0.733. The second-order valence-corrected chi connectivity index (χ2v) is 2.22. The molecule has 42 valence electrons. The minimum absolute atomic E-state index is 1.07. The highest BCUT2D eigenvalue weighted by Crippen LogP contribution is 1.95. The van der Waals surface area contributed by atoms with E-state index < -0.39 is 0 Å². The first-order chi connectivity index (χ1) is 3.41. The molecule has 0 amide bonds. The molecule has 0 atom stereocenters. The SMILES string of the molecule is C=CSCCNC. The topological polar surface area (TPSA) is 12.0 Å². The van der Waals surface area contributed by atoms with Crippen molar-refractivity contribution in [3.05, 3.63) is 12.0 Å². The summed E-state index contributed by atoms with van der Waals surface area (Å²) in [5.41, 5.74) is 0. The van der Waals surface area contributed by atoms with Crippen molar-refractivity contribution in [2.45, 2.75) is 0 Å². The number of hydrogen-bond acceptors (Lipinski definition) is 2. The number of hydrogen-bond donors (Lipinski definition) is 1. The van der Waals surface area contributed by atoms with E-state index in [1.807, 2.05) is 12.5 Å². The first kappa shape index (κ1) is 7.05. The second-order valence-electron chi connectivity index (χ2n) is 1.14. The molecule has 0 rings (SSSR count). The third kappa shape index (κ3) is 6.05. The van der Waals surface area contributed by atoms with E-state index in [0.717, 1.165) is 12.3 Å². The van der Waals surface area contributed by atoms with Crippen molar-refractivity contribution in [1.29, 1.82) is 0 Å². The largest absolute Gasteiger partial charge is 0.319 e. The highest BCUT2D eigenvalue weighted by atomic mass is 32.2. The van der Waals surface area contributed by atoms with Crippen LogP contribution in [0.4, 0.5) is 0 Å². The summed E-state index contributed by atoms with van der Waals surface area (Å²) in [6.45, 7) is 4.63. The summed E-state index contributed by atoms with van der Waals surface area (Å²) in [5, 5.41) is 4.89. The summed E-state index contributed by atoms with van der Waals surface area (Å²) in [4.78, 5) is 0. The maximum absolute atomic E-state index is 3.57. The van der Waals surface area contributed by atoms with Gasteiger partial charge >= 0.3 is 0 Å². The van der Waals surface area contributed by atoms with Crippen LogP contribution in [-0.4, -0.2) is 19.3 Å². The Hall–Kier alpha value is 0.0500. The van der Waals surface area contributed by atoms with Gasteiger partial charge in [0, 0.05) is 12.3 Å².